The Labute approximate surface area is 141 Å². The van der Waals surface area contributed by atoms with E-state index in [2.05, 4.69) is 10.6 Å². The van der Waals surface area contributed by atoms with Crippen LogP contribution < -0.4 is 15.4 Å². The van der Waals surface area contributed by atoms with Crippen molar-refractivity contribution >= 4 is 23.8 Å². The number of ether oxygens (including phenoxy) is 2. The van der Waals surface area contributed by atoms with Crippen LogP contribution in [0.4, 0.5) is 11.4 Å². The van der Waals surface area contributed by atoms with Crippen LogP contribution in [0.3, 0.4) is 0 Å². The quantitative estimate of drug-likeness (QED) is 0.628. The summed E-state index contributed by atoms with van der Waals surface area (Å²) in [4.78, 5) is 21.3. The van der Waals surface area contributed by atoms with E-state index in [1.54, 1.807) is 38.3 Å². The molecule has 0 unspecified atom stereocenters. The highest BCUT2D eigenvalue weighted by molar-refractivity contribution is 5.90. The van der Waals surface area contributed by atoms with E-state index in [0.29, 0.717) is 24.3 Å². The van der Waals surface area contributed by atoms with E-state index in [-0.39, 0.29) is 5.97 Å². The maximum absolute atomic E-state index is 11.2. The van der Waals surface area contributed by atoms with Gasteiger partial charge in [-0.05, 0) is 43.3 Å². The average molecular weight is 330 g/mol. The van der Waals surface area contributed by atoms with Crippen LogP contribution in [0, 0.1) is 0 Å². The minimum Gasteiger partial charge on any atom is -0.497 e. The number of esters is 1. The van der Waals surface area contributed by atoms with Crippen molar-refractivity contribution in [2.24, 2.45) is 0 Å². The molecule has 0 radical (unpaired) electrons. The summed E-state index contributed by atoms with van der Waals surface area (Å²) in [5.74, 6) is 0.525. The molecule has 2 rings (SSSR count). The number of carbonyl (C=O) groups excluding carboxylic acids is 2. The number of benzene rings is 2. The van der Waals surface area contributed by atoms with Gasteiger partial charge in [0.1, 0.15) is 5.75 Å². The first-order valence-corrected chi connectivity index (χ1v) is 7.43. The van der Waals surface area contributed by atoms with Crippen molar-refractivity contribution in [3.8, 4) is 5.75 Å². The van der Waals surface area contributed by atoms with Gasteiger partial charge >= 0.3 is 5.97 Å². The Bertz CT molecular complexity index is 622. The second-order valence-electron chi connectivity index (χ2n) is 4.54. The lowest BCUT2D eigenvalue weighted by molar-refractivity contribution is -0.105. The predicted molar refractivity (Wildman–Crippen MR) is 94.6 cm³/mol. The molecule has 0 aliphatic carbocycles. The minimum atomic E-state index is -0.356. The van der Waals surface area contributed by atoms with E-state index in [1.807, 2.05) is 31.3 Å². The Hall–Kier alpha value is -3.02. The zero-order chi connectivity index (χ0) is 17.8. The molecule has 1 amide bonds. The van der Waals surface area contributed by atoms with Crippen molar-refractivity contribution in [1.82, 2.24) is 0 Å². The van der Waals surface area contributed by atoms with Gasteiger partial charge in [0, 0.05) is 24.5 Å². The molecule has 0 bridgehead atoms. The first kappa shape index (κ1) is 19.0. The van der Waals surface area contributed by atoms with Gasteiger partial charge in [-0.25, -0.2) is 4.79 Å². The number of methoxy groups -OCH3 is 1. The zero-order valence-corrected chi connectivity index (χ0v) is 14.0. The monoisotopic (exact) mass is 330 g/mol. The Kier molecular flexibility index (Phi) is 8.45. The van der Waals surface area contributed by atoms with Crippen LogP contribution in [0.1, 0.15) is 17.3 Å². The van der Waals surface area contributed by atoms with Gasteiger partial charge < -0.3 is 20.1 Å². The molecule has 0 spiro atoms. The van der Waals surface area contributed by atoms with Crippen molar-refractivity contribution in [2.45, 2.75) is 6.92 Å². The lowest BCUT2D eigenvalue weighted by Crippen LogP contribution is -2.04. The topological polar surface area (TPSA) is 76.7 Å². The molecule has 2 aromatic carbocycles. The second kappa shape index (κ2) is 10.7. The highest BCUT2D eigenvalue weighted by Gasteiger charge is 2.04. The first-order chi connectivity index (χ1) is 11.6. The molecular weight excluding hydrogens is 308 g/mol. The van der Waals surface area contributed by atoms with Crippen molar-refractivity contribution in [3.63, 3.8) is 0 Å². The van der Waals surface area contributed by atoms with Crippen LogP contribution in [-0.4, -0.2) is 33.1 Å². The van der Waals surface area contributed by atoms with Crippen molar-refractivity contribution in [3.05, 3.63) is 54.1 Å². The normalized spacial score (nSPS) is 9.12. The molecule has 0 atom stereocenters. The molecular formula is C18H22N2O4. The molecule has 2 N–H and O–H groups in total. The number of rotatable bonds is 6. The van der Waals surface area contributed by atoms with Gasteiger partial charge in [-0.3, -0.25) is 4.79 Å². The van der Waals surface area contributed by atoms with E-state index < -0.39 is 0 Å². The molecule has 128 valence electrons. The summed E-state index contributed by atoms with van der Waals surface area (Å²) in [6, 6.07) is 14.3. The summed E-state index contributed by atoms with van der Waals surface area (Å²) in [6.07, 6.45) is 0.583. The number of hydrogen-bond acceptors (Lipinski definition) is 5. The molecule has 0 saturated heterocycles. The third-order valence-electron chi connectivity index (χ3n) is 2.98. The molecule has 2 aromatic rings. The van der Waals surface area contributed by atoms with Gasteiger partial charge in [-0.15, -0.1) is 0 Å². The maximum atomic E-state index is 11.2. The van der Waals surface area contributed by atoms with E-state index in [0.717, 1.165) is 11.4 Å². The number of carbonyl (C=O) groups is 2. The third kappa shape index (κ3) is 6.39. The van der Waals surface area contributed by atoms with Crippen LogP contribution in [0.15, 0.2) is 48.5 Å². The van der Waals surface area contributed by atoms with Crippen LogP contribution in [0.2, 0.25) is 0 Å². The lowest BCUT2D eigenvalue weighted by atomic mass is 10.2. The van der Waals surface area contributed by atoms with E-state index in [1.165, 1.54) is 0 Å². The number of anilines is 2. The Morgan fingerprint density at radius 1 is 1.12 bits per heavy atom. The molecule has 0 aliphatic heterocycles. The van der Waals surface area contributed by atoms with Gasteiger partial charge in [0.05, 0.1) is 19.3 Å². The third-order valence-corrected chi connectivity index (χ3v) is 2.98. The van der Waals surface area contributed by atoms with Crippen molar-refractivity contribution in [1.29, 1.82) is 0 Å². The van der Waals surface area contributed by atoms with Crippen molar-refractivity contribution < 1.29 is 19.1 Å². The SMILES string of the molecule is CCOC(=O)c1ccc(NC=O)cc1.CNc1cccc(OC)c1. The summed E-state index contributed by atoms with van der Waals surface area (Å²) in [5, 5.41) is 5.49. The number of amides is 1. The molecule has 0 heterocycles. The molecule has 6 nitrogen and oxygen atoms in total. The number of hydrogen-bond donors (Lipinski definition) is 2. The van der Waals surface area contributed by atoms with Crippen LogP contribution in [-0.2, 0) is 9.53 Å². The Morgan fingerprint density at radius 3 is 2.38 bits per heavy atom. The molecule has 0 fully saturated rings. The maximum Gasteiger partial charge on any atom is 0.338 e. The summed E-state index contributed by atoms with van der Waals surface area (Å²) in [6.45, 7) is 2.10. The first-order valence-electron chi connectivity index (χ1n) is 7.43. The number of nitrogens with one attached hydrogen (secondary N) is 2. The van der Waals surface area contributed by atoms with Crippen molar-refractivity contribution in [2.75, 3.05) is 31.4 Å². The largest absolute Gasteiger partial charge is 0.497 e. The second-order valence-corrected chi connectivity index (χ2v) is 4.54. The summed E-state index contributed by atoms with van der Waals surface area (Å²) < 4.78 is 9.82. The van der Waals surface area contributed by atoms with Crippen LogP contribution in [0.5, 0.6) is 5.75 Å². The van der Waals surface area contributed by atoms with Crippen LogP contribution >= 0.6 is 0 Å². The van der Waals surface area contributed by atoms with Gasteiger partial charge in [0.15, 0.2) is 0 Å². The molecule has 6 heteroatoms. The minimum absolute atomic E-state index is 0.354. The van der Waals surface area contributed by atoms with E-state index in [4.69, 9.17) is 9.47 Å². The van der Waals surface area contributed by atoms with Gasteiger partial charge in [-0.1, -0.05) is 6.07 Å². The summed E-state index contributed by atoms with van der Waals surface area (Å²) in [5.41, 5.74) is 2.19. The van der Waals surface area contributed by atoms with E-state index in [9.17, 15) is 9.59 Å². The Balaban J connectivity index is 0.000000254. The van der Waals surface area contributed by atoms with Crippen LogP contribution in [0.25, 0.3) is 0 Å². The smallest absolute Gasteiger partial charge is 0.338 e. The fourth-order valence-corrected chi connectivity index (χ4v) is 1.76. The highest BCUT2D eigenvalue weighted by Crippen LogP contribution is 2.15. The zero-order valence-electron chi connectivity index (χ0n) is 14.0. The molecule has 0 aliphatic rings. The Morgan fingerprint density at radius 2 is 1.83 bits per heavy atom. The summed E-state index contributed by atoms with van der Waals surface area (Å²) in [7, 11) is 3.55. The van der Waals surface area contributed by atoms with Gasteiger partial charge in [-0.2, -0.15) is 0 Å². The van der Waals surface area contributed by atoms with E-state index >= 15 is 0 Å². The highest BCUT2D eigenvalue weighted by atomic mass is 16.5. The summed E-state index contributed by atoms with van der Waals surface area (Å²) >= 11 is 0. The van der Waals surface area contributed by atoms with Gasteiger partial charge in [0.2, 0.25) is 6.41 Å². The molecule has 0 aromatic heterocycles. The molecule has 0 saturated carbocycles. The standard InChI is InChI=1S/C10H11NO3.C8H11NO/c1-2-14-10(13)8-3-5-9(6-4-8)11-7-12;1-9-7-4-3-5-8(6-7)10-2/h3-7H,2H2,1H3,(H,11,12);3-6,9H,1-2H3. The predicted octanol–water partition coefficient (Wildman–Crippen LogP) is 3.17. The fourth-order valence-electron chi connectivity index (χ4n) is 1.76. The fraction of sp³-hybridized carbons (Fsp3) is 0.222. The van der Waals surface area contributed by atoms with Gasteiger partial charge in [0.25, 0.3) is 0 Å². The average Bonchev–Trinajstić information content (AvgIpc) is 2.63. The lowest BCUT2D eigenvalue weighted by Gasteiger charge is -2.02. The molecule has 24 heavy (non-hydrogen) atoms.